The molecule has 3 aromatic rings. The number of benzene rings is 2. The van der Waals surface area contributed by atoms with E-state index in [-0.39, 0.29) is 0 Å². The van der Waals surface area contributed by atoms with Gasteiger partial charge in [0, 0.05) is 12.0 Å². The first-order valence-electron chi connectivity index (χ1n) is 8.33. The van der Waals surface area contributed by atoms with Crippen molar-refractivity contribution in [2.75, 3.05) is 6.54 Å². The molecule has 1 unspecified atom stereocenters. The standard InChI is InChI=1S/C19H20N4S/c1-15-6-2-5-9-18(15)22-13-20-23(19(22)24)14-21-11-10-16-7-3-4-8-17(16)12-21/h2-9,13H,10-12,14H2,1H3/p+1. The predicted octanol–water partition coefficient (Wildman–Crippen LogP) is 2.31. The molecule has 1 aliphatic rings. The average Bonchev–Trinajstić information content (AvgIpc) is 2.96. The zero-order valence-electron chi connectivity index (χ0n) is 13.8. The van der Waals surface area contributed by atoms with Crippen molar-refractivity contribution in [3.05, 3.63) is 76.3 Å². The number of aryl methyl sites for hydroxylation is 1. The average molecular weight is 337 g/mol. The number of hydrogen-bond donors (Lipinski definition) is 1. The van der Waals surface area contributed by atoms with Gasteiger partial charge in [0.25, 0.3) is 0 Å². The van der Waals surface area contributed by atoms with Crippen molar-refractivity contribution in [1.29, 1.82) is 0 Å². The van der Waals surface area contributed by atoms with Crippen molar-refractivity contribution in [3.8, 4) is 5.69 Å². The molecule has 0 saturated heterocycles. The first-order valence-corrected chi connectivity index (χ1v) is 8.74. The Kier molecular flexibility index (Phi) is 4.04. The Balaban J connectivity index is 1.57. The zero-order valence-corrected chi connectivity index (χ0v) is 14.6. The van der Waals surface area contributed by atoms with Gasteiger partial charge in [0.05, 0.1) is 12.2 Å². The lowest BCUT2D eigenvalue weighted by atomic mass is 10.0. The smallest absolute Gasteiger partial charge is 0.207 e. The van der Waals surface area contributed by atoms with Crippen LogP contribution in [0.15, 0.2) is 54.9 Å². The van der Waals surface area contributed by atoms with Gasteiger partial charge in [-0.3, -0.25) is 4.57 Å². The van der Waals surface area contributed by atoms with Crippen LogP contribution < -0.4 is 4.90 Å². The van der Waals surface area contributed by atoms with Crippen LogP contribution in [0.3, 0.4) is 0 Å². The summed E-state index contributed by atoms with van der Waals surface area (Å²) in [6, 6.07) is 17.0. The predicted molar refractivity (Wildman–Crippen MR) is 96.8 cm³/mol. The largest absolute Gasteiger partial charge is 0.312 e. The summed E-state index contributed by atoms with van der Waals surface area (Å²) >= 11 is 5.66. The van der Waals surface area contributed by atoms with Gasteiger partial charge in [-0.15, -0.1) is 0 Å². The molecule has 2 heterocycles. The first kappa shape index (κ1) is 15.3. The van der Waals surface area contributed by atoms with Crippen molar-refractivity contribution >= 4 is 12.2 Å². The second-order valence-electron chi connectivity index (χ2n) is 6.42. The van der Waals surface area contributed by atoms with E-state index in [1.807, 2.05) is 27.7 Å². The molecule has 2 aromatic carbocycles. The van der Waals surface area contributed by atoms with Crippen LogP contribution in [0.25, 0.3) is 5.69 Å². The summed E-state index contributed by atoms with van der Waals surface area (Å²) in [5, 5.41) is 4.54. The Bertz CT molecular complexity index is 925. The van der Waals surface area contributed by atoms with E-state index in [0.29, 0.717) is 0 Å². The minimum absolute atomic E-state index is 0.760. The highest BCUT2D eigenvalue weighted by atomic mass is 32.1. The molecular weight excluding hydrogens is 316 g/mol. The van der Waals surface area contributed by atoms with E-state index in [4.69, 9.17) is 12.2 Å². The van der Waals surface area contributed by atoms with E-state index in [1.165, 1.54) is 21.6 Å². The van der Waals surface area contributed by atoms with Crippen molar-refractivity contribution in [3.63, 3.8) is 0 Å². The van der Waals surface area contributed by atoms with Crippen LogP contribution in [0.2, 0.25) is 0 Å². The molecule has 122 valence electrons. The minimum Gasteiger partial charge on any atom is -0.312 e. The Morgan fingerprint density at radius 2 is 1.83 bits per heavy atom. The van der Waals surface area contributed by atoms with Crippen LogP contribution in [0, 0.1) is 11.7 Å². The molecule has 0 aliphatic carbocycles. The van der Waals surface area contributed by atoms with Crippen LogP contribution in [-0.4, -0.2) is 20.9 Å². The summed E-state index contributed by atoms with van der Waals surface area (Å²) in [6.07, 6.45) is 2.96. The number of aromatic nitrogens is 3. The number of nitrogens with one attached hydrogen (secondary N) is 1. The Labute approximate surface area is 147 Å². The van der Waals surface area contributed by atoms with Crippen molar-refractivity contribution in [2.24, 2.45) is 0 Å². The second-order valence-corrected chi connectivity index (χ2v) is 6.79. The fourth-order valence-electron chi connectivity index (χ4n) is 3.43. The molecule has 1 aromatic heterocycles. The highest BCUT2D eigenvalue weighted by molar-refractivity contribution is 7.71. The lowest BCUT2D eigenvalue weighted by molar-refractivity contribution is -0.939. The van der Waals surface area contributed by atoms with Gasteiger partial charge in [-0.1, -0.05) is 42.5 Å². The summed E-state index contributed by atoms with van der Waals surface area (Å²) in [7, 11) is 0. The second kappa shape index (κ2) is 6.34. The highest BCUT2D eigenvalue weighted by Gasteiger charge is 2.20. The molecule has 0 fully saturated rings. The number of para-hydroxylation sites is 1. The maximum Gasteiger partial charge on any atom is 0.207 e. The molecule has 0 spiro atoms. The van der Waals surface area contributed by atoms with Crippen molar-refractivity contribution in [1.82, 2.24) is 14.3 Å². The van der Waals surface area contributed by atoms with E-state index in [0.717, 1.165) is 36.6 Å². The summed E-state index contributed by atoms with van der Waals surface area (Å²) in [6.45, 7) is 5.07. The van der Waals surface area contributed by atoms with Gasteiger partial charge < -0.3 is 4.90 Å². The fraction of sp³-hybridized carbons (Fsp3) is 0.263. The molecule has 5 heteroatoms. The van der Waals surface area contributed by atoms with Gasteiger partial charge >= 0.3 is 0 Å². The van der Waals surface area contributed by atoms with E-state index in [1.54, 1.807) is 0 Å². The molecule has 0 saturated carbocycles. The summed E-state index contributed by atoms with van der Waals surface area (Å²) < 4.78 is 4.71. The topological polar surface area (TPSA) is 27.2 Å². The van der Waals surface area contributed by atoms with E-state index >= 15 is 0 Å². The van der Waals surface area contributed by atoms with Gasteiger partial charge in [0.2, 0.25) is 4.77 Å². The first-order chi connectivity index (χ1) is 11.7. The van der Waals surface area contributed by atoms with Crippen LogP contribution >= 0.6 is 12.2 Å². The van der Waals surface area contributed by atoms with Gasteiger partial charge in [0.1, 0.15) is 12.9 Å². The highest BCUT2D eigenvalue weighted by Crippen LogP contribution is 2.14. The normalized spacial score (nSPS) is 16.8. The third-order valence-electron chi connectivity index (χ3n) is 4.79. The monoisotopic (exact) mass is 337 g/mol. The van der Waals surface area contributed by atoms with Crippen molar-refractivity contribution in [2.45, 2.75) is 26.6 Å². The molecule has 0 amide bonds. The summed E-state index contributed by atoms with van der Waals surface area (Å²) in [5.74, 6) is 0. The zero-order chi connectivity index (χ0) is 16.5. The Hall–Kier alpha value is -2.24. The molecular formula is C19H21N4S+. The van der Waals surface area contributed by atoms with Crippen LogP contribution in [0.1, 0.15) is 16.7 Å². The lowest BCUT2D eigenvalue weighted by Crippen LogP contribution is -3.11. The molecule has 1 aliphatic heterocycles. The summed E-state index contributed by atoms with van der Waals surface area (Å²) in [5.41, 5.74) is 5.24. The molecule has 1 N–H and O–H groups in total. The molecule has 0 radical (unpaired) electrons. The van der Waals surface area contributed by atoms with Crippen molar-refractivity contribution < 1.29 is 4.90 Å². The van der Waals surface area contributed by atoms with Crippen LogP contribution in [0.4, 0.5) is 0 Å². The molecule has 4 nitrogen and oxygen atoms in total. The Morgan fingerprint density at radius 1 is 1.08 bits per heavy atom. The Morgan fingerprint density at radius 3 is 2.67 bits per heavy atom. The SMILES string of the molecule is Cc1ccccc1-n1cnn(C[NH+]2CCc3ccccc3C2)c1=S. The lowest BCUT2D eigenvalue weighted by Gasteiger charge is -2.25. The minimum atomic E-state index is 0.760. The molecule has 4 rings (SSSR count). The maximum absolute atomic E-state index is 5.66. The fourth-order valence-corrected chi connectivity index (χ4v) is 3.69. The number of rotatable bonds is 3. The van der Waals surface area contributed by atoms with Gasteiger partial charge in [0.15, 0.2) is 6.67 Å². The van der Waals surface area contributed by atoms with E-state index in [9.17, 15) is 0 Å². The molecule has 24 heavy (non-hydrogen) atoms. The maximum atomic E-state index is 5.66. The molecule has 0 bridgehead atoms. The number of hydrogen-bond acceptors (Lipinski definition) is 2. The van der Waals surface area contributed by atoms with Gasteiger partial charge in [-0.2, -0.15) is 9.78 Å². The summed E-state index contributed by atoms with van der Waals surface area (Å²) in [4.78, 5) is 1.50. The van der Waals surface area contributed by atoms with Crippen LogP contribution in [-0.2, 0) is 19.6 Å². The van der Waals surface area contributed by atoms with Crippen LogP contribution in [0.5, 0.6) is 0 Å². The van der Waals surface area contributed by atoms with E-state index < -0.39 is 0 Å². The third kappa shape index (κ3) is 2.81. The number of fused-ring (bicyclic) bond motifs is 1. The quantitative estimate of drug-likeness (QED) is 0.743. The number of quaternary nitrogens is 1. The number of nitrogens with zero attached hydrogens (tertiary/aromatic N) is 3. The van der Waals surface area contributed by atoms with E-state index in [2.05, 4.69) is 48.4 Å². The third-order valence-corrected chi connectivity index (χ3v) is 5.20. The van der Waals surface area contributed by atoms with Gasteiger partial charge in [-0.05, 0) is 36.3 Å². The van der Waals surface area contributed by atoms with Gasteiger partial charge in [-0.25, -0.2) is 0 Å². The molecule has 1 atom stereocenters.